The van der Waals surface area contributed by atoms with E-state index in [9.17, 15) is 4.79 Å². The number of anilines is 2. The molecule has 0 bridgehead atoms. The molecule has 20 heavy (non-hydrogen) atoms. The summed E-state index contributed by atoms with van der Waals surface area (Å²) in [7, 11) is 0. The quantitative estimate of drug-likeness (QED) is 0.847. The Bertz CT molecular complexity index is 619. The van der Waals surface area contributed by atoms with Crippen molar-refractivity contribution in [2.75, 3.05) is 11.1 Å². The van der Waals surface area contributed by atoms with Gasteiger partial charge in [-0.15, -0.1) is 11.3 Å². The van der Waals surface area contributed by atoms with Crippen molar-refractivity contribution in [2.45, 2.75) is 27.2 Å². The van der Waals surface area contributed by atoms with Crippen LogP contribution in [0.4, 0.5) is 11.4 Å². The second kappa shape index (κ2) is 6.05. The van der Waals surface area contributed by atoms with Gasteiger partial charge in [-0.1, -0.05) is 19.9 Å². The van der Waals surface area contributed by atoms with Crippen molar-refractivity contribution in [1.82, 2.24) is 4.98 Å². The van der Waals surface area contributed by atoms with E-state index in [2.05, 4.69) is 24.1 Å². The molecule has 0 atom stereocenters. The second-order valence-corrected chi connectivity index (χ2v) is 6.20. The van der Waals surface area contributed by atoms with Gasteiger partial charge in [-0.2, -0.15) is 0 Å². The molecule has 0 aliphatic carbocycles. The predicted molar refractivity (Wildman–Crippen MR) is 84.2 cm³/mol. The molecule has 5 heteroatoms. The van der Waals surface area contributed by atoms with E-state index in [0.717, 1.165) is 22.7 Å². The van der Waals surface area contributed by atoms with Crippen molar-refractivity contribution in [3.63, 3.8) is 0 Å². The molecule has 0 spiro atoms. The minimum Gasteiger partial charge on any atom is -0.399 e. The Hall–Kier alpha value is -1.88. The van der Waals surface area contributed by atoms with Gasteiger partial charge in [-0.25, -0.2) is 4.98 Å². The lowest BCUT2D eigenvalue weighted by molar-refractivity contribution is 0.102. The first-order chi connectivity index (χ1) is 9.45. The zero-order chi connectivity index (χ0) is 14.7. The van der Waals surface area contributed by atoms with E-state index in [-0.39, 0.29) is 5.91 Å². The lowest BCUT2D eigenvalue weighted by atomic mass is 10.1. The standard InChI is InChI=1S/C15H19N3OS/c1-9(2)6-14-17-13(8-20-14)15(19)18-12-7-11(16)5-4-10(12)3/h4-5,7-9H,6,16H2,1-3H3,(H,18,19). The van der Waals surface area contributed by atoms with E-state index < -0.39 is 0 Å². The Labute approximate surface area is 123 Å². The number of nitrogen functional groups attached to an aromatic ring is 1. The molecule has 1 aromatic carbocycles. The van der Waals surface area contributed by atoms with Crippen LogP contribution in [0.5, 0.6) is 0 Å². The van der Waals surface area contributed by atoms with Crippen LogP contribution in [0.1, 0.15) is 34.9 Å². The molecule has 0 saturated heterocycles. The van der Waals surface area contributed by atoms with Crippen molar-refractivity contribution in [3.05, 3.63) is 39.8 Å². The van der Waals surface area contributed by atoms with Gasteiger partial charge in [0.25, 0.3) is 5.91 Å². The van der Waals surface area contributed by atoms with Crippen LogP contribution in [-0.4, -0.2) is 10.9 Å². The number of amides is 1. The molecular formula is C15H19N3OS. The number of nitrogens with one attached hydrogen (secondary N) is 1. The number of nitrogens with zero attached hydrogens (tertiary/aromatic N) is 1. The maximum Gasteiger partial charge on any atom is 0.275 e. The van der Waals surface area contributed by atoms with Crippen molar-refractivity contribution in [3.8, 4) is 0 Å². The number of carbonyl (C=O) groups excluding carboxylic acids is 1. The zero-order valence-electron chi connectivity index (χ0n) is 11.9. The molecule has 0 fully saturated rings. The fraction of sp³-hybridized carbons (Fsp3) is 0.333. The van der Waals surface area contributed by atoms with Crippen LogP contribution in [0.25, 0.3) is 0 Å². The van der Waals surface area contributed by atoms with E-state index in [1.54, 1.807) is 11.4 Å². The van der Waals surface area contributed by atoms with Crippen molar-refractivity contribution < 1.29 is 4.79 Å². The highest BCUT2D eigenvalue weighted by molar-refractivity contribution is 7.09. The number of aryl methyl sites for hydroxylation is 1. The first-order valence-electron chi connectivity index (χ1n) is 6.57. The van der Waals surface area contributed by atoms with E-state index in [4.69, 9.17) is 5.73 Å². The van der Waals surface area contributed by atoms with Gasteiger partial charge in [0.1, 0.15) is 5.69 Å². The van der Waals surface area contributed by atoms with Crippen LogP contribution < -0.4 is 11.1 Å². The molecule has 3 N–H and O–H groups in total. The Morgan fingerprint density at radius 2 is 2.20 bits per heavy atom. The Balaban J connectivity index is 2.11. The number of nitrogens with two attached hydrogens (primary N) is 1. The van der Waals surface area contributed by atoms with E-state index in [1.165, 1.54) is 11.3 Å². The minimum atomic E-state index is -0.190. The summed E-state index contributed by atoms with van der Waals surface area (Å²) in [5, 5.41) is 5.65. The van der Waals surface area contributed by atoms with Crippen molar-refractivity contribution in [1.29, 1.82) is 0 Å². The molecular weight excluding hydrogens is 270 g/mol. The molecule has 0 saturated carbocycles. The average molecular weight is 289 g/mol. The number of rotatable bonds is 4. The van der Waals surface area contributed by atoms with Crippen molar-refractivity contribution in [2.24, 2.45) is 5.92 Å². The van der Waals surface area contributed by atoms with Gasteiger partial charge in [0.2, 0.25) is 0 Å². The third-order valence-corrected chi connectivity index (χ3v) is 3.75. The lowest BCUT2D eigenvalue weighted by Crippen LogP contribution is -2.13. The van der Waals surface area contributed by atoms with Crippen LogP contribution in [0.15, 0.2) is 23.6 Å². The molecule has 0 radical (unpaired) electrons. The van der Waals surface area contributed by atoms with Gasteiger partial charge in [0.05, 0.1) is 5.01 Å². The number of hydrogen-bond donors (Lipinski definition) is 2. The number of thiazole rings is 1. The van der Waals surface area contributed by atoms with Gasteiger partial charge in [-0.3, -0.25) is 4.79 Å². The number of carbonyl (C=O) groups is 1. The van der Waals surface area contributed by atoms with Crippen LogP contribution in [0.3, 0.4) is 0 Å². The maximum absolute atomic E-state index is 12.2. The smallest absolute Gasteiger partial charge is 0.275 e. The summed E-state index contributed by atoms with van der Waals surface area (Å²) in [5.41, 5.74) is 8.54. The highest BCUT2D eigenvalue weighted by Gasteiger charge is 2.12. The third kappa shape index (κ3) is 3.57. The van der Waals surface area contributed by atoms with Gasteiger partial charge in [0.15, 0.2) is 0 Å². The summed E-state index contributed by atoms with van der Waals surface area (Å²) >= 11 is 1.53. The Kier molecular flexibility index (Phi) is 4.39. The van der Waals surface area contributed by atoms with Crippen LogP contribution in [0, 0.1) is 12.8 Å². The SMILES string of the molecule is Cc1ccc(N)cc1NC(=O)c1csc(CC(C)C)n1. The number of benzene rings is 1. The summed E-state index contributed by atoms with van der Waals surface area (Å²) in [5.74, 6) is 0.346. The largest absolute Gasteiger partial charge is 0.399 e. The van der Waals surface area contributed by atoms with Gasteiger partial charge < -0.3 is 11.1 Å². The second-order valence-electron chi connectivity index (χ2n) is 5.25. The van der Waals surface area contributed by atoms with Gasteiger partial charge in [-0.05, 0) is 30.5 Å². The van der Waals surface area contributed by atoms with Crippen molar-refractivity contribution >= 4 is 28.6 Å². The molecule has 1 aromatic heterocycles. The summed E-state index contributed by atoms with van der Waals surface area (Å²) < 4.78 is 0. The molecule has 2 rings (SSSR count). The zero-order valence-corrected chi connectivity index (χ0v) is 12.8. The first-order valence-corrected chi connectivity index (χ1v) is 7.45. The molecule has 1 amide bonds. The monoisotopic (exact) mass is 289 g/mol. The molecule has 4 nitrogen and oxygen atoms in total. The predicted octanol–water partition coefficient (Wildman–Crippen LogP) is 3.48. The summed E-state index contributed by atoms with van der Waals surface area (Å²) in [6.45, 7) is 6.20. The topological polar surface area (TPSA) is 68.0 Å². The fourth-order valence-corrected chi connectivity index (χ4v) is 2.81. The lowest BCUT2D eigenvalue weighted by Gasteiger charge is -2.07. The molecule has 0 aliphatic heterocycles. The average Bonchev–Trinajstić information content (AvgIpc) is 2.81. The Morgan fingerprint density at radius 3 is 2.90 bits per heavy atom. The fourth-order valence-electron chi connectivity index (χ4n) is 1.82. The third-order valence-electron chi connectivity index (χ3n) is 2.88. The summed E-state index contributed by atoms with van der Waals surface area (Å²) in [4.78, 5) is 16.5. The highest BCUT2D eigenvalue weighted by atomic mass is 32.1. The normalized spacial score (nSPS) is 10.8. The summed E-state index contributed by atoms with van der Waals surface area (Å²) in [6.07, 6.45) is 0.898. The van der Waals surface area contributed by atoms with Gasteiger partial charge >= 0.3 is 0 Å². The molecule has 2 aromatic rings. The van der Waals surface area contributed by atoms with Crippen LogP contribution in [-0.2, 0) is 6.42 Å². The number of aromatic nitrogens is 1. The maximum atomic E-state index is 12.2. The number of hydrogen-bond acceptors (Lipinski definition) is 4. The minimum absolute atomic E-state index is 0.190. The van der Waals surface area contributed by atoms with Gasteiger partial charge in [0, 0.05) is 23.2 Å². The Morgan fingerprint density at radius 1 is 1.45 bits per heavy atom. The van der Waals surface area contributed by atoms with E-state index in [0.29, 0.717) is 17.3 Å². The molecule has 1 heterocycles. The first kappa shape index (κ1) is 14.5. The molecule has 106 valence electrons. The molecule has 0 unspecified atom stereocenters. The van der Waals surface area contributed by atoms with E-state index >= 15 is 0 Å². The summed E-state index contributed by atoms with van der Waals surface area (Å²) in [6, 6.07) is 5.46. The van der Waals surface area contributed by atoms with Crippen LogP contribution in [0.2, 0.25) is 0 Å². The highest BCUT2D eigenvalue weighted by Crippen LogP contribution is 2.20. The van der Waals surface area contributed by atoms with Crippen LogP contribution >= 0.6 is 11.3 Å². The van der Waals surface area contributed by atoms with E-state index in [1.807, 2.05) is 19.1 Å². The molecule has 0 aliphatic rings.